The maximum atomic E-state index is 13.5. The summed E-state index contributed by atoms with van der Waals surface area (Å²) >= 11 is 0. The Hall–Kier alpha value is -3.88. The van der Waals surface area contributed by atoms with E-state index >= 15 is 0 Å². The van der Waals surface area contributed by atoms with Gasteiger partial charge in [-0.3, -0.25) is 19.7 Å². The molecule has 3 aromatic rings. The second-order valence-electron chi connectivity index (χ2n) is 6.06. The monoisotopic (exact) mass is 382 g/mol. The quantitative estimate of drug-likeness (QED) is 0.498. The molecule has 2 aromatic carbocycles. The molecule has 0 aliphatic heterocycles. The van der Waals surface area contributed by atoms with Crippen LogP contribution in [0.15, 0.2) is 54.6 Å². The van der Waals surface area contributed by atoms with Crippen LogP contribution < -0.4 is 11.1 Å². The van der Waals surface area contributed by atoms with Crippen molar-refractivity contribution in [2.45, 2.75) is 12.5 Å². The van der Waals surface area contributed by atoms with E-state index in [1.165, 1.54) is 12.1 Å². The van der Waals surface area contributed by atoms with Gasteiger partial charge in [0, 0.05) is 17.9 Å². The molecule has 0 fully saturated rings. The van der Waals surface area contributed by atoms with Gasteiger partial charge in [0.05, 0.1) is 10.4 Å². The van der Waals surface area contributed by atoms with E-state index in [0.717, 1.165) is 17.5 Å². The molecular weight excluding hydrogens is 367 g/mol. The van der Waals surface area contributed by atoms with E-state index in [1.54, 1.807) is 18.2 Å². The number of nitrogens with two attached hydrogens (primary N) is 1. The first-order chi connectivity index (χ1) is 13.3. The van der Waals surface area contributed by atoms with Gasteiger partial charge in [0.15, 0.2) is 0 Å². The second kappa shape index (κ2) is 7.78. The van der Waals surface area contributed by atoms with Crippen molar-refractivity contribution in [3.8, 4) is 0 Å². The first-order valence-electron chi connectivity index (χ1n) is 8.24. The lowest BCUT2D eigenvalue weighted by atomic mass is 10.0. The van der Waals surface area contributed by atoms with E-state index in [2.05, 4.69) is 10.3 Å². The largest absolute Gasteiger partial charge is 0.368 e. The molecule has 8 nitrogen and oxygen atoms in total. The van der Waals surface area contributed by atoms with Gasteiger partial charge in [-0.25, -0.2) is 4.98 Å². The Bertz CT molecular complexity index is 1090. The van der Waals surface area contributed by atoms with E-state index in [9.17, 15) is 24.1 Å². The van der Waals surface area contributed by atoms with Gasteiger partial charge >= 0.3 is 5.69 Å². The minimum atomic E-state index is -1.15. The lowest BCUT2D eigenvalue weighted by molar-refractivity contribution is -0.387. The van der Waals surface area contributed by atoms with Crippen molar-refractivity contribution < 1.29 is 18.9 Å². The third kappa shape index (κ3) is 4.09. The van der Waals surface area contributed by atoms with Gasteiger partial charge < -0.3 is 11.1 Å². The normalized spacial score (nSPS) is 11.8. The van der Waals surface area contributed by atoms with Gasteiger partial charge in [0.2, 0.25) is 11.7 Å². The first-order valence-corrected chi connectivity index (χ1v) is 8.24. The summed E-state index contributed by atoms with van der Waals surface area (Å²) in [6, 6.07) is 12.5. The third-order valence-corrected chi connectivity index (χ3v) is 4.13. The number of carbonyl (C=O) groups is 2. The van der Waals surface area contributed by atoms with E-state index in [0.29, 0.717) is 5.52 Å². The molecule has 28 heavy (non-hydrogen) atoms. The van der Waals surface area contributed by atoms with Gasteiger partial charge in [-0.05, 0) is 23.8 Å². The van der Waals surface area contributed by atoms with Gasteiger partial charge in [-0.15, -0.1) is 0 Å². The maximum absolute atomic E-state index is 13.5. The number of carbonyl (C=O) groups excluding carboxylic acids is 2. The van der Waals surface area contributed by atoms with Gasteiger partial charge in [-0.2, -0.15) is 4.39 Å². The molecule has 0 aliphatic carbocycles. The number of nitrogens with zero attached hydrogens (tertiary/aromatic N) is 2. The second-order valence-corrected chi connectivity index (χ2v) is 6.06. The highest BCUT2D eigenvalue weighted by Crippen LogP contribution is 2.19. The summed E-state index contributed by atoms with van der Waals surface area (Å²) in [5, 5.41) is 14.2. The number of hydrogen-bond acceptors (Lipinski definition) is 5. The molecule has 0 saturated carbocycles. The number of nitro groups is 1. The Kier molecular flexibility index (Phi) is 5.25. The van der Waals surface area contributed by atoms with Crippen LogP contribution in [0.25, 0.3) is 10.9 Å². The molecule has 1 atom stereocenters. The van der Waals surface area contributed by atoms with E-state index in [-0.39, 0.29) is 17.7 Å². The highest BCUT2D eigenvalue weighted by atomic mass is 19.1. The summed E-state index contributed by atoms with van der Waals surface area (Å²) in [6.45, 7) is 0. The van der Waals surface area contributed by atoms with Crippen LogP contribution in [-0.4, -0.2) is 27.8 Å². The Morgan fingerprint density at radius 2 is 1.93 bits per heavy atom. The molecule has 0 saturated heterocycles. The summed E-state index contributed by atoms with van der Waals surface area (Å²) in [7, 11) is 0. The highest BCUT2D eigenvalue weighted by Gasteiger charge is 2.22. The molecule has 0 radical (unpaired) electrons. The average molecular weight is 382 g/mol. The number of pyridine rings is 1. The number of fused-ring (bicyclic) bond motifs is 1. The lowest BCUT2D eigenvalue weighted by Crippen LogP contribution is -2.46. The van der Waals surface area contributed by atoms with Crippen molar-refractivity contribution >= 4 is 28.4 Å². The minimum Gasteiger partial charge on any atom is -0.368 e. The molecule has 0 bridgehead atoms. The molecular formula is C19H15FN4O4. The topological polar surface area (TPSA) is 128 Å². The van der Waals surface area contributed by atoms with Crippen LogP contribution >= 0.6 is 0 Å². The van der Waals surface area contributed by atoms with Crippen LogP contribution in [0.5, 0.6) is 0 Å². The average Bonchev–Trinajstić information content (AvgIpc) is 2.68. The molecule has 0 unspecified atom stereocenters. The maximum Gasteiger partial charge on any atom is 0.305 e. The Labute approximate surface area is 158 Å². The van der Waals surface area contributed by atoms with E-state index in [4.69, 9.17) is 5.73 Å². The summed E-state index contributed by atoms with van der Waals surface area (Å²) < 4.78 is 13.5. The molecule has 1 aromatic heterocycles. The standard InChI is InChI=1S/C19H15FN4O4/c20-13-7-5-11(10-17(13)24(27)28)9-16(18(21)25)23-19(26)15-8-6-12-3-1-2-4-14(12)22-15/h1-8,10,16H,9H2,(H2,21,25)(H,23,26)/t16-/m0/s1. The lowest BCUT2D eigenvalue weighted by Gasteiger charge is -2.15. The van der Waals surface area contributed by atoms with Crippen LogP contribution in [0.4, 0.5) is 10.1 Å². The molecule has 9 heteroatoms. The van der Waals surface area contributed by atoms with Crippen molar-refractivity contribution in [2.24, 2.45) is 5.73 Å². The highest BCUT2D eigenvalue weighted by molar-refractivity contribution is 5.97. The zero-order chi connectivity index (χ0) is 20.3. The van der Waals surface area contributed by atoms with E-state index < -0.39 is 34.3 Å². The van der Waals surface area contributed by atoms with Crippen molar-refractivity contribution in [3.05, 3.63) is 81.8 Å². The number of nitro benzene ring substituents is 1. The molecule has 0 spiro atoms. The van der Waals surface area contributed by atoms with Crippen molar-refractivity contribution in [1.82, 2.24) is 10.3 Å². The van der Waals surface area contributed by atoms with Crippen LogP contribution in [-0.2, 0) is 11.2 Å². The van der Waals surface area contributed by atoms with Gasteiger partial charge in [0.1, 0.15) is 11.7 Å². The molecule has 3 N–H and O–H groups in total. The molecule has 2 amide bonds. The summed E-state index contributed by atoms with van der Waals surface area (Å²) in [5.41, 5.74) is 5.61. The first kappa shape index (κ1) is 18.9. The fraction of sp³-hybridized carbons (Fsp3) is 0.105. The van der Waals surface area contributed by atoms with Crippen LogP contribution in [0.3, 0.4) is 0 Å². The van der Waals surface area contributed by atoms with Crippen molar-refractivity contribution in [1.29, 1.82) is 0 Å². The Balaban J connectivity index is 1.80. The van der Waals surface area contributed by atoms with Crippen LogP contribution in [0, 0.1) is 15.9 Å². The zero-order valence-electron chi connectivity index (χ0n) is 14.5. The van der Waals surface area contributed by atoms with Crippen LogP contribution in [0.1, 0.15) is 16.1 Å². The Morgan fingerprint density at radius 3 is 2.64 bits per heavy atom. The van der Waals surface area contributed by atoms with E-state index in [1.807, 2.05) is 12.1 Å². The summed E-state index contributed by atoms with van der Waals surface area (Å²) in [5.74, 6) is -2.44. The number of primary amides is 1. The van der Waals surface area contributed by atoms with Gasteiger partial charge in [0.25, 0.3) is 5.91 Å². The van der Waals surface area contributed by atoms with Crippen LogP contribution in [0.2, 0.25) is 0 Å². The fourth-order valence-electron chi connectivity index (χ4n) is 2.71. The number of amides is 2. The number of halogens is 1. The number of benzene rings is 2. The minimum absolute atomic E-state index is 0.0926. The molecule has 142 valence electrons. The summed E-state index contributed by atoms with van der Waals surface area (Å²) in [4.78, 5) is 38.5. The summed E-state index contributed by atoms with van der Waals surface area (Å²) in [6.07, 6.45) is -0.129. The number of para-hydroxylation sites is 1. The predicted molar refractivity (Wildman–Crippen MR) is 99.0 cm³/mol. The SMILES string of the molecule is NC(=O)[C@H](Cc1ccc(F)c([N+](=O)[O-])c1)NC(=O)c1ccc2ccccc2n1. The number of hydrogen-bond donors (Lipinski definition) is 2. The Morgan fingerprint density at radius 1 is 1.18 bits per heavy atom. The number of rotatable bonds is 6. The zero-order valence-corrected chi connectivity index (χ0v) is 14.5. The van der Waals surface area contributed by atoms with Gasteiger partial charge in [-0.1, -0.05) is 30.3 Å². The third-order valence-electron chi connectivity index (χ3n) is 4.13. The predicted octanol–water partition coefficient (Wildman–Crippen LogP) is 2.11. The van der Waals surface area contributed by atoms with Crippen molar-refractivity contribution in [3.63, 3.8) is 0 Å². The molecule has 1 heterocycles. The fourth-order valence-corrected chi connectivity index (χ4v) is 2.71. The molecule has 0 aliphatic rings. The molecule has 3 rings (SSSR count). The number of aromatic nitrogens is 1. The number of nitrogens with one attached hydrogen (secondary N) is 1. The smallest absolute Gasteiger partial charge is 0.305 e. The van der Waals surface area contributed by atoms with Crippen molar-refractivity contribution in [2.75, 3.05) is 0 Å².